The van der Waals surface area contributed by atoms with Crippen molar-refractivity contribution in [2.45, 2.75) is 0 Å². The fraction of sp³-hybridized carbons (Fsp3) is 0. The molecular formula is C7H3FN2O. The molecule has 0 bridgehead atoms. The minimum absolute atomic E-state index is 0.105. The van der Waals surface area contributed by atoms with Crippen LogP contribution >= 0.6 is 0 Å². The van der Waals surface area contributed by atoms with Crippen molar-refractivity contribution in [2.75, 3.05) is 0 Å². The van der Waals surface area contributed by atoms with Crippen molar-refractivity contribution in [2.24, 2.45) is 0 Å². The average molecular weight is 150 g/mol. The smallest absolute Gasteiger partial charge is 0.171 e. The Morgan fingerprint density at radius 2 is 2.45 bits per heavy atom. The predicted molar refractivity (Wildman–Crippen MR) is 34.3 cm³/mol. The Labute approximate surface area is 62.1 Å². The maximum absolute atomic E-state index is 12.6. The number of carbonyl (C=O) groups is 1. The number of nitrogens with zero attached hydrogens (tertiary/aromatic N) is 2. The summed E-state index contributed by atoms with van der Waals surface area (Å²) >= 11 is 0. The Morgan fingerprint density at radius 3 is 2.91 bits per heavy atom. The van der Waals surface area contributed by atoms with Crippen LogP contribution in [0.15, 0.2) is 12.3 Å². The van der Waals surface area contributed by atoms with Gasteiger partial charge in [0, 0.05) is 6.20 Å². The van der Waals surface area contributed by atoms with Crippen LogP contribution in [0.5, 0.6) is 0 Å². The Balaban J connectivity index is 3.22. The van der Waals surface area contributed by atoms with Crippen LogP contribution in [0.4, 0.5) is 4.39 Å². The molecule has 0 amide bonds. The van der Waals surface area contributed by atoms with Crippen molar-refractivity contribution in [1.82, 2.24) is 4.98 Å². The molecule has 11 heavy (non-hydrogen) atoms. The first-order valence-corrected chi connectivity index (χ1v) is 2.78. The number of rotatable bonds is 1. The van der Waals surface area contributed by atoms with E-state index in [4.69, 9.17) is 5.26 Å². The van der Waals surface area contributed by atoms with Crippen molar-refractivity contribution < 1.29 is 9.18 Å². The summed E-state index contributed by atoms with van der Waals surface area (Å²) in [6, 6.07) is 2.67. The minimum Gasteiger partial charge on any atom is -0.296 e. The van der Waals surface area contributed by atoms with Gasteiger partial charge in [-0.05, 0) is 6.07 Å². The van der Waals surface area contributed by atoms with E-state index in [9.17, 15) is 9.18 Å². The molecule has 1 aromatic heterocycles. The van der Waals surface area contributed by atoms with Gasteiger partial charge in [-0.15, -0.1) is 0 Å². The summed E-state index contributed by atoms with van der Waals surface area (Å²) in [5.41, 5.74) is -0.169. The Kier molecular flexibility index (Phi) is 1.93. The second kappa shape index (κ2) is 2.88. The minimum atomic E-state index is -0.765. The molecule has 54 valence electrons. The molecule has 1 heterocycles. The average Bonchev–Trinajstić information content (AvgIpc) is 2.04. The van der Waals surface area contributed by atoms with Crippen LogP contribution in [0.1, 0.15) is 16.1 Å². The van der Waals surface area contributed by atoms with Gasteiger partial charge in [0.2, 0.25) is 0 Å². The number of aromatic nitrogens is 1. The quantitative estimate of drug-likeness (QED) is 0.559. The molecule has 0 atom stereocenters. The Bertz CT molecular complexity index is 330. The lowest BCUT2D eigenvalue weighted by atomic mass is 10.2. The molecule has 0 fully saturated rings. The highest BCUT2D eigenvalue weighted by atomic mass is 19.1. The molecule has 0 saturated carbocycles. The van der Waals surface area contributed by atoms with E-state index >= 15 is 0 Å². The molecule has 0 aliphatic rings. The Morgan fingerprint density at radius 1 is 1.73 bits per heavy atom. The topological polar surface area (TPSA) is 53.8 Å². The highest BCUT2D eigenvalue weighted by molar-refractivity contribution is 5.72. The van der Waals surface area contributed by atoms with Crippen molar-refractivity contribution in [3.8, 4) is 6.07 Å². The molecule has 0 saturated heterocycles. The number of aldehydes is 1. The number of pyridine rings is 1. The SMILES string of the molecule is N#Cc1cnc(C=O)c(F)c1. The maximum Gasteiger partial charge on any atom is 0.171 e. The van der Waals surface area contributed by atoms with Gasteiger partial charge < -0.3 is 0 Å². The van der Waals surface area contributed by atoms with Gasteiger partial charge in [0.15, 0.2) is 12.1 Å². The van der Waals surface area contributed by atoms with Gasteiger partial charge in [0.05, 0.1) is 5.56 Å². The lowest BCUT2D eigenvalue weighted by molar-refractivity contribution is 0.111. The van der Waals surface area contributed by atoms with E-state index in [2.05, 4.69) is 4.98 Å². The third-order valence-corrected chi connectivity index (χ3v) is 1.11. The number of hydrogen-bond donors (Lipinski definition) is 0. The molecule has 0 unspecified atom stereocenters. The normalized spacial score (nSPS) is 8.73. The number of halogens is 1. The van der Waals surface area contributed by atoms with E-state index in [1.807, 2.05) is 0 Å². The number of hydrogen-bond acceptors (Lipinski definition) is 3. The molecule has 1 aromatic rings. The highest BCUT2D eigenvalue weighted by Crippen LogP contribution is 2.03. The first kappa shape index (κ1) is 7.35. The summed E-state index contributed by atoms with van der Waals surface area (Å²) in [5, 5.41) is 8.28. The van der Waals surface area contributed by atoms with Crippen LogP contribution in [0.2, 0.25) is 0 Å². The molecule has 4 heteroatoms. The molecule has 0 radical (unpaired) electrons. The van der Waals surface area contributed by atoms with Crippen LogP contribution in [0, 0.1) is 17.1 Å². The molecular weight excluding hydrogens is 147 g/mol. The van der Waals surface area contributed by atoms with Gasteiger partial charge in [-0.2, -0.15) is 5.26 Å². The molecule has 0 spiro atoms. The zero-order chi connectivity index (χ0) is 8.27. The van der Waals surface area contributed by atoms with Crippen LogP contribution in [0.3, 0.4) is 0 Å². The van der Waals surface area contributed by atoms with Gasteiger partial charge in [-0.3, -0.25) is 4.79 Å². The van der Waals surface area contributed by atoms with E-state index in [1.165, 1.54) is 0 Å². The van der Waals surface area contributed by atoms with E-state index in [1.54, 1.807) is 6.07 Å². The van der Waals surface area contributed by atoms with Crippen LogP contribution in [-0.4, -0.2) is 11.3 Å². The molecule has 0 N–H and O–H groups in total. The second-order valence-electron chi connectivity index (χ2n) is 1.82. The van der Waals surface area contributed by atoms with Gasteiger partial charge in [-0.1, -0.05) is 0 Å². The lowest BCUT2D eigenvalue weighted by Gasteiger charge is -1.91. The third kappa shape index (κ3) is 1.38. The Hall–Kier alpha value is -1.76. The summed E-state index contributed by atoms with van der Waals surface area (Å²) < 4.78 is 12.6. The lowest BCUT2D eigenvalue weighted by Crippen LogP contribution is -1.92. The van der Waals surface area contributed by atoms with Crippen LogP contribution in [0.25, 0.3) is 0 Å². The summed E-state index contributed by atoms with van der Waals surface area (Å²) in [7, 11) is 0. The summed E-state index contributed by atoms with van der Waals surface area (Å²) in [6.45, 7) is 0. The summed E-state index contributed by atoms with van der Waals surface area (Å²) in [5.74, 6) is -0.765. The standard InChI is InChI=1S/C7H3FN2O/c8-6-1-5(2-9)3-10-7(6)4-11/h1,3-4H. The second-order valence-corrected chi connectivity index (χ2v) is 1.82. The molecule has 0 aliphatic heterocycles. The van der Waals surface area contributed by atoms with E-state index in [0.717, 1.165) is 12.3 Å². The summed E-state index contributed by atoms with van der Waals surface area (Å²) in [4.78, 5) is 13.4. The van der Waals surface area contributed by atoms with E-state index < -0.39 is 5.82 Å². The highest BCUT2D eigenvalue weighted by Gasteiger charge is 2.02. The monoisotopic (exact) mass is 150 g/mol. The maximum atomic E-state index is 12.6. The predicted octanol–water partition coefficient (Wildman–Crippen LogP) is 0.905. The van der Waals surface area contributed by atoms with Gasteiger partial charge in [0.25, 0.3) is 0 Å². The molecule has 1 rings (SSSR count). The molecule has 3 nitrogen and oxygen atoms in total. The van der Waals surface area contributed by atoms with Crippen molar-refractivity contribution in [3.63, 3.8) is 0 Å². The van der Waals surface area contributed by atoms with Crippen LogP contribution < -0.4 is 0 Å². The van der Waals surface area contributed by atoms with Gasteiger partial charge >= 0.3 is 0 Å². The first-order valence-electron chi connectivity index (χ1n) is 2.78. The van der Waals surface area contributed by atoms with Gasteiger partial charge in [0.1, 0.15) is 11.8 Å². The van der Waals surface area contributed by atoms with Crippen LogP contribution in [-0.2, 0) is 0 Å². The third-order valence-electron chi connectivity index (χ3n) is 1.11. The largest absolute Gasteiger partial charge is 0.296 e. The number of carbonyl (C=O) groups excluding carboxylic acids is 1. The van der Waals surface area contributed by atoms with Gasteiger partial charge in [-0.25, -0.2) is 9.37 Å². The zero-order valence-corrected chi connectivity index (χ0v) is 5.41. The fourth-order valence-corrected chi connectivity index (χ4v) is 0.596. The van der Waals surface area contributed by atoms with Crippen molar-refractivity contribution in [3.05, 3.63) is 29.3 Å². The summed E-state index contributed by atoms with van der Waals surface area (Å²) in [6.07, 6.45) is 1.45. The number of nitriles is 1. The fourth-order valence-electron chi connectivity index (χ4n) is 0.596. The van der Waals surface area contributed by atoms with Crippen molar-refractivity contribution >= 4 is 6.29 Å². The molecule has 0 aromatic carbocycles. The van der Waals surface area contributed by atoms with E-state index in [-0.39, 0.29) is 11.3 Å². The zero-order valence-electron chi connectivity index (χ0n) is 5.41. The van der Waals surface area contributed by atoms with Crippen molar-refractivity contribution in [1.29, 1.82) is 5.26 Å². The van der Waals surface area contributed by atoms with E-state index in [0.29, 0.717) is 6.29 Å². The first-order chi connectivity index (χ1) is 5.27. The molecule has 0 aliphatic carbocycles.